The first kappa shape index (κ1) is 31.7. The summed E-state index contributed by atoms with van der Waals surface area (Å²) >= 11 is 0. The van der Waals surface area contributed by atoms with Crippen LogP contribution in [0.2, 0.25) is 0 Å². The number of nitrogens with zero attached hydrogens (tertiary/aromatic N) is 2. The fourth-order valence-corrected chi connectivity index (χ4v) is 4.75. The summed E-state index contributed by atoms with van der Waals surface area (Å²) in [7, 11) is 3.25. The minimum atomic E-state index is -0.0214. The van der Waals surface area contributed by atoms with Crippen LogP contribution >= 0.6 is 0 Å². The quantitative estimate of drug-likeness (QED) is 0.204. The number of aryl methyl sites for hydroxylation is 1. The summed E-state index contributed by atoms with van der Waals surface area (Å²) in [5, 5.41) is 3.64. The van der Waals surface area contributed by atoms with Gasteiger partial charge in [-0.05, 0) is 79.3 Å². The lowest BCUT2D eigenvalue weighted by Gasteiger charge is -2.19. The molecule has 218 valence electrons. The van der Waals surface area contributed by atoms with Crippen LogP contribution < -0.4 is 10.2 Å². The van der Waals surface area contributed by atoms with Crippen molar-refractivity contribution in [2.24, 2.45) is 0 Å². The van der Waals surface area contributed by atoms with Crippen LogP contribution in [0.5, 0.6) is 0 Å². The number of hydrogen-bond acceptors (Lipinski definition) is 7. The Morgan fingerprint density at radius 1 is 1.07 bits per heavy atom. The van der Waals surface area contributed by atoms with E-state index in [9.17, 15) is 9.59 Å². The van der Waals surface area contributed by atoms with Gasteiger partial charge in [-0.3, -0.25) is 9.59 Å². The molecule has 0 saturated carbocycles. The van der Waals surface area contributed by atoms with Gasteiger partial charge in [0, 0.05) is 43.4 Å². The van der Waals surface area contributed by atoms with Gasteiger partial charge in [0.25, 0.3) is 0 Å². The highest BCUT2D eigenvalue weighted by Gasteiger charge is 2.26. The summed E-state index contributed by atoms with van der Waals surface area (Å²) in [5.74, 6) is 0.406. The number of oxazole rings is 1. The highest BCUT2D eigenvalue weighted by molar-refractivity contribution is 5.98. The number of amides is 1. The monoisotopic (exact) mass is 567 g/mol. The van der Waals surface area contributed by atoms with Gasteiger partial charge in [-0.2, -0.15) is 0 Å². The summed E-state index contributed by atoms with van der Waals surface area (Å²) in [6, 6.07) is 22.1. The molecule has 0 saturated heterocycles. The van der Waals surface area contributed by atoms with Gasteiger partial charge < -0.3 is 24.2 Å². The Hall–Kier alpha value is -4.82. The number of allylic oxidation sites excluding steroid dienone is 1. The van der Waals surface area contributed by atoms with Crippen molar-refractivity contribution in [2.75, 3.05) is 31.0 Å². The number of nitrogens with one attached hydrogen (secondary N) is 1. The van der Waals surface area contributed by atoms with Crippen LogP contribution in [0.1, 0.15) is 52.3 Å². The number of aldehydes is 2. The van der Waals surface area contributed by atoms with Crippen LogP contribution in [0, 0.1) is 6.92 Å². The minimum absolute atomic E-state index is 0.0214. The van der Waals surface area contributed by atoms with Crippen LogP contribution in [0.3, 0.4) is 0 Å². The van der Waals surface area contributed by atoms with Crippen LogP contribution in [0.15, 0.2) is 83.6 Å². The third-order valence-electron chi connectivity index (χ3n) is 6.56. The van der Waals surface area contributed by atoms with Gasteiger partial charge in [-0.1, -0.05) is 42.5 Å². The van der Waals surface area contributed by atoms with Crippen molar-refractivity contribution in [1.82, 2.24) is 4.98 Å². The lowest BCUT2D eigenvalue weighted by molar-refractivity contribution is -0.118. The summed E-state index contributed by atoms with van der Waals surface area (Å²) in [6.45, 7) is 6.20. The zero-order chi connectivity index (χ0) is 30.5. The Kier molecular flexibility index (Phi) is 12.0. The van der Waals surface area contributed by atoms with E-state index in [0.717, 1.165) is 63.9 Å². The number of carbonyl (C=O) groups excluding carboxylic acids is 3. The number of anilines is 2. The Bertz CT molecular complexity index is 1510. The molecule has 0 bridgehead atoms. The number of methoxy groups -OCH3 is 1. The number of hydrogen-bond donors (Lipinski definition) is 1. The molecule has 2 heterocycles. The molecule has 1 amide bonds. The molecule has 4 aromatic rings. The number of carbonyl (C=O) groups is 3. The summed E-state index contributed by atoms with van der Waals surface area (Å²) in [5.41, 5.74) is 8.94. The number of fused-ring (bicyclic) bond motifs is 1. The van der Waals surface area contributed by atoms with Crippen LogP contribution in [-0.4, -0.2) is 44.2 Å². The van der Waals surface area contributed by atoms with E-state index in [1.165, 1.54) is 13.2 Å². The predicted molar refractivity (Wildman–Crippen MR) is 166 cm³/mol. The fourth-order valence-electron chi connectivity index (χ4n) is 4.75. The van der Waals surface area contributed by atoms with E-state index in [1.54, 1.807) is 25.3 Å². The number of ether oxygens (including phenoxy) is 1. The third-order valence-corrected chi connectivity index (χ3v) is 6.56. The topological polar surface area (TPSA) is 102 Å². The summed E-state index contributed by atoms with van der Waals surface area (Å²) < 4.78 is 9.50. The first-order valence-electron chi connectivity index (χ1n) is 13.6. The van der Waals surface area contributed by atoms with Crippen molar-refractivity contribution in [2.45, 2.75) is 33.6 Å². The predicted octanol–water partition coefficient (Wildman–Crippen LogP) is 6.40. The van der Waals surface area contributed by atoms with Crippen LogP contribution in [0.4, 0.5) is 11.4 Å². The van der Waals surface area contributed by atoms with E-state index in [0.29, 0.717) is 18.0 Å². The second kappa shape index (κ2) is 15.8. The third kappa shape index (κ3) is 8.11. The Morgan fingerprint density at radius 3 is 2.40 bits per heavy atom. The molecule has 1 aromatic heterocycles. The average Bonchev–Trinajstić information content (AvgIpc) is 3.66. The Labute approximate surface area is 247 Å². The van der Waals surface area contributed by atoms with Gasteiger partial charge in [0.15, 0.2) is 0 Å². The van der Waals surface area contributed by atoms with Gasteiger partial charge in [0.1, 0.15) is 25.3 Å². The Balaban J connectivity index is 0.000000745. The SMILES string of the molecule is C/C(=C(\Nc1ccc2c(c1)CCN2C(=O)Cc1ncco1)c1ccccc1)c1ccc(C=O)cc1C.CC=O.COC. The molecular weight excluding hydrogens is 530 g/mol. The largest absolute Gasteiger partial charge is 0.448 e. The van der Waals surface area contributed by atoms with Crippen molar-refractivity contribution < 1.29 is 23.5 Å². The molecule has 0 spiro atoms. The average molecular weight is 568 g/mol. The summed E-state index contributed by atoms with van der Waals surface area (Å²) in [4.78, 5) is 38.7. The molecule has 5 rings (SSSR count). The highest BCUT2D eigenvalue weighted by atomic mass is 16.4. The number of aromatic nitrogens is 1. The first-order chi connectivity index (χ1) is 20.4. The molecule has 1 aliphatic rings. The molecule has 0 fully saturated rings. The minimum Gasteiger partial charge on any atom is -0.448 e. The van der Waals surface area contributed by atoms with Gasteiger partial charge in [-0.15, -0.1) is 0 Å². The van der Waals surface area contributed by atoms with Crippen molar-refractivity contribution >= 4 is 41.1 Å². The van der Waals surface area contributed by atoms with Gasteiger partial charge >= 0.3 is 0 Å². The molecule has 0 unspecified atom stereocenters. The summed E-state index contributed by atoms with van der Waals surface area (Å²) in [6.07, 6.45) is 5.59. The normalized spacial score (nSPS) is 12.1. The van der Waals surface area contributed by atoms with E-state index in [2.05, 4.69) is 40.2 Å². The maximum Gasteiger partial charge on any atom is 0.236 e. The van der Waals surface area contributed by atoms with Crippen molar-refractivity contribution in [3.05, 3.63) is 113 Å². The standard InChI is InChI=1S/C30H27N3O3.C2H6O.C2H4O/c1-20-16-22(19-34)8-10-26(20)21(2)30(23-6-4-3-5-7-23)32-25-9-11-27-24(17-25)12-14-33(27)29(35)18-28-31-13-15-36-28;1-3-2;1-2-3/h3-11,13,15-17,19,32H,12,14,18H2,1-2H3;1-2H3;2H,1H3/b30-21+;;. The molecule has 0 atom stereocenters. The van der Waals surface area contributed by atoms with E-state index < -0.39 is 0 Å². The van der Waals surface area contributed by atoms with Crippen LogP contribution in [0.25, 0.3) is 11.3 Å². The molecule has 0 radical (unpaired) electrons. The van der Waals surface area contributed by atoms with Crippen molar-refractivity contribution in [1.29, 1.82) is 0 Å². The second-order valence-corrected chi connectivity index (χ2v) is 9.57. The molecular formula is C34H37N3O5. The maximum absolute atomic E-state index is 12.8. The molecule has 8 nitrogen and oxygen atoms in total. The van der Waals surface area contributed by atoms with E-state index in [1.807, 2.05) is 55.5 Å². The fraction of sp³-hybridized carbons (Fsp3) is 0.235. The van der Waals surface area contributed by atoms with Gasteiger partial charge in [-0.25, -0.2) is 4.98 Å². The molecule has 0 aliphatic carbocycles. The smallest absolute Gasteiger partial charge is 0.236 e. The lowest BCUT2D eigenvalue weighted by atomic mass is 9.95. The van der Waals surface area contributed by atoms with Crippen molar-refractivity contribution in [3.63, 3.8) is 0 Å². The van der Waals surface area contributed by atoms with E-state index in [-0.39, 0.29) is 12.3 Å². The van der Waals surface area contributed by atoms with E-state index in [4.69, 9.17) is 9.21 Å². The van der Waals surface area contributed by atoms with Gasteiger partial charge in [0.05, 0.1) is 6.20 Å². The maximum atomic E-state index is 12.8. The number of rotatable bonds is 7. The lowest BCUT2D eigenvalue weighted by Crippen LogP contribution is -2.30. The zero-order valence-electron chi connectivity index (χ0n) is 24.7. The molecule has 1 aliphatic heterocycles. The Morgan fingerprint density at radius 2 is 1.79 bits per heavy atom. The van der Waals surface area contributed by atoms with Crippen LogP contribution in [-0.2, 0) is 27.2 Å². The first-order valence-corrected chi connectivity index (χ1v) is 13.6. The molecule has 1 N–H and O–H groups in total. The molecule has 42 heavy (non-hydrogen) atoms. The molecule has 8 heteroatoms. The van der Waals surface area contributed by atoms with Crippen molar-refractivity contribution in [3.8, 4) is 0 Å². The van der Waals surface area contributed by atoms with E-state index >= 15 is 0 Å². The van der Waals surface area contributed by atoms with Gasteiger partial charge in [0.2, 0.25) is 11.8 Å². The molecule has 3 aromatic carbocycles. The second-order valence-electron chi connectivity index (χ2n) is 9.57. The number of benzene rings is 3. The highest BCUT2D eigenvalue weighted by Crippen LogP contribution is 2.34. The zero-order valence-corrected chi connectivity index (χ0v) is 24.7.